The van der Waals surface area contributed by atoms with Crippen molar-refractivity contribution in [2.45, 2.75) is 25.0 Å². The Bertz CT molecular complexity index is 673. The fourth-order valence-corrected chi connectivity index (χ4v) is 2.35. The summed E-state index contributed by atoms with van der Waals surface area (Å²) in [4.78, 5) is 34.2. The molecule has 0 radical (unpaired) electrons. The van der Waals surface area contributed by atoms with E-state index >= 15 is 0 Å². The minimum absolute atomic E-state index is 0.0309. The maximum absolute atomic E-state index is 11.6. The minimum atomic E-state index is -0.506. The summed E-state index contributed by atoms with van der Waals surface area (Å²) in [7, 11) is 0. The number of imidazole rings is 1. The number of fused-ring (bicyclic) bond motifs is 1. The predicted octanol–water partition coefficient (Wildman–Crippen LogP) is 1.94. The molecular weight excluding hydrogens is 314 g/mol. The highest BCUT2D eigenvalue weighted by Crippen LogP contribution is 2.20. The van der Waals surface area contributed by atoms with Crippen molar-refractivity contribution in [3.05, 3.63) is 17.3 Å². The number of pyridine rings is 1. The lowest BCUT2D eigenvalue weighted by molar-refractivity contribution is -0.117. The van der Waals surface area contributed by atoms with Crippen molar-refractivity contribution in [1.29, 1.82) is 0 Å². The highest BCUT2D eigenvalue weighted by molar-refractivity contribution is 7.99. The van der Waals surface area contributed by atoms with Crippen molar-refractivity contribution in [3.8, 4) is 0 Å². The molecule has 0 spiro atoms. The zero-order chi connectivity index (χ0) is 15.4. The number of urea groups is 1. The maximum Gasteiger partial charge on any atom is 0.321 e. The number of carbonyl (C=O) groups excluding carboxylic acids is 2. The van der Waals surface area contributed by atoms with Crippen LogP contribution in [-0.4, -0.2) is 38.7 Å². The Morgan fingerprint density at radius 1 is 1.48 bits per heavy atom. The Kier molecular flexibility index (Phi) is 5.03. The first kappa shape index (κ1) is 15.6. The van der Waals surface area contributed by atoms with Crippen molar-refractivity contribution in [2.24, 2.45) is 0 Å². The Morgan fingerprint density at radius 3 is 2.95 bits per heavy atom. The van der Waals surface area contributed by atoms with Gasteiger partial charge in [0, 0.05) is 12.2 Å². The average molecular weight is 328 g/mol. The summed E-state index contributed by atoms with van der Waals surface area (Å²) in [6.07, 6.45) is 1.50. The van der Waals surface area contributed by atoms with Crippen LogP contribution in [0.1, 0.15) is 13.8 Å². The van der Waals surface area contributed by atoms with Crippen molar-refractivity contribution >= 4 is 46.5 Å². The van der Waals surface area contributed by atoms with E-state index in [0.29, 0.717) is 21.3 Å². The van der Waals surface area contributed by atoms with Crippen LogP contribution in [0.15, 0.2) is 17.4 Å². The molecule has 2 heterocycles. The number of aromatic amines is 1. The quantitative estimate of drug-likeness (QED) is 0.745. The molecular formula is C12H14ClN5O2S. The van der Waals surface area contributed by atoms with Gasteiger partial charge in [0.1, 0.15) is 0 Å². The molecule has 9 heteroatoms. The molecule has 2 rings (SSSR count). The molecule has 0 aliphatic rings. The van der Waals surface area contributed by atoms with Gasteiger partial charge in [0.2, 0.25) is 5.91 Å². The van der Waals surface area contributed by atoms with Crippen LogP contribution in [0.3, 0.4) is 0 Å². The van der Waals surface area contributed by atoms with Crippen LogP contribution >= 0.6 is 23.4 Å². The molecule has 112 valence electrons. The van der Waals surface area contributed by atoms with Crippen LogP contribution in [-0.2, 0) is 4.79 Å². The lowest BCUT2D eigenvalue weighted by Gasteiger charge is -2.08. The molecule has 0 aromatic carbocycles. The Labute approximate surface area is 130 Å². The van der Waals surface area contributed by atoms with Gasteiger partial charge in [-0.3, -0.25) is 10.1 Å². The second kappa shape index (κ2) is 6.77. The normalized spacial score (nSPS) is 10.9. The van der Waals surface area contributed by atoms with Crippen molar-refractivity contribution in [3.63, 3.8) is 0 Å². The number of hydrogen-bond acceptors (Lipinski definition) is 5. The molecule has 0 aliphatic heterocycles. The number of thioether (sulfide) groups is 1. The molecule has 0 saturated carbocycles. The first-order valence-corrected chi connectivity index (χ1v) is 7.55. The molecule has 0 fully saturated rings. The van der Waals surface area contributed by atoms with E-state index in [2.05, 4.69) is 25.6 Å². The number of imide groups is 1. The topological polar surface area (TPSA) is 99.8 Å². The molecule has 0 unspecified atom stereocenters. The van der Waals surface area contributed by atoms with Crippen LogP contribution in [0.4, 0.5) is 4.79 Å². The number of amides is 3. The number of aromatic nitrogens is 3. The van der Waals surface area contributed by atoms with E-state index in [9.17, 15) is 9.59 Å². The van der Waals surface area contributed by atoms with Gasteiger partial charge in [-0.05, 0) is 19.9 Å². The molecule has 3 amide bonds. The molecule has 2 aromatic heterocycles. The number of hydrogen-bond donors (Lipinski definition) is 3. The van der Waals surface area contributed by atoms with Crippen LogP contribution < -0.4 is 10.6 Å². The molecule has 7 nitrogen and oxygen atoms in total. The minimum Gasteiger partial charge on any atom is -0.336 e. The van der Waals surface area contributed by atoms with Gasteiger partial charge in [0.05, 0.1) is 16.3 Å². The Hall–Kier alpha value is -1.80. The smallest absolute Gasteiger partial charge is 0.321 e. The van der Waals surface area contributed by atoms with Gasteiger partial charge in [0.25, 0.3) is 0 Å². The summed E-state index contributed by atoms with van der Waals surface area (Å²) >= 11 is 7.01. The zero-order valence-corrected chi connectivity index (χ0v) is 13.0. The highest BCUT2D eigenvalue weighted by Gasteiger charge is 2.11. The third kappa shape index (κ3) is 4.61. The van der Waals surface area contributed by atoms with Gasteiger partial charge in [-0.15, -0.1) is 0 Å². The summed E-state index contributed by atoms with van der Waals surface area (Å²) in [6, 6.07) is 1.17. The van der Waals surface area contributed by atoms with Gasteiger partial charge in [0.15, 0.2) is 10.8 Å². The van der Waals surface area contributed by atoms with E-state index in [1.807, 2.05) is 13.8 Å². The van der Waals surface area contributed by atoms with E-state index in [-0.39, 0.29) is 11.8 Å². The van der Waals surface area contributed by atoms with E-state index in [1.165, 1.54) is 18.0 Å². The summed E-state index contributed by atoms with van der Waals surface area (Å²) in [6.45, 7) is 3.62. The van der Waals surface area contributed by atoms with E-state index < -0.39 is 11.9 Å². The van der Waals surface area contributed by atoms with Crippen molar-refractivity contribution in [1.82, 2.24) is 25.6 Å². The molecule has 21 heavy (non-hydrogen) atoms. The first-order chi connectivity index (χ1) is 9.94. The summed E-state index contributed by atoms with van der Waals surface area (Å²) in [5.41, 5.74) is 1.22. The van der Waals surface area contributed by atoms with Gasteiger partial charge in [-0.25, -0.2) is 14.8 Å². The van der Waals surface area contributed by atoms with Crippen LogP contribution in [0.5, 0.6) is 0 Å². The summed E-state index contributed by atoms with van der Waals surface area (Å²) in [5.74, 6) is -0.330. The number of nitrogens with zero attached hydrogens (tertiary/aromatic N) is 2. The molecule has 2 aromatic rings. The second-order valence-electron chi connectivity index (χ2n) is 4.53. The Morgan fingerprint density at radius 2 is 2.24 bits per heavy atom. The largest absolute Gasteiger partial charge is 0.336 e. The van der Waals surface area contributed by atoms with Gasteiger partial charge >= 0.3 is 6.03 Å². The molecule has 0 aliphatic carbocycles. The monoisotopic (exact) mass is 327 g/mol. The predicted molar refractivity (Wildman–Crippen MR) is 81.4 cm³/mol. The number of H-pyrrole nitrogens is 1. The number of rotatable bonds is 4. The SMILES string of the molecule is CC(C)NC(=O)NC(=O)CSc1nc2ncc(Cl)cc2[nH]1. The standard InChI is InChI=1S/C12H14ClN5O2S/c1-6(2)15-11(20)17-9(19)5-21-12-16-8-3-7(13)4-14-10(8)18-12/h3-4,6H,5H2,1-2H3,(H,14,16,18)(H2,15,17,19,20). The fourth-order valence-electron chi connectivity index (χ4n) is 1.52. The van der Waals surface area contributed by atoms with Crippen molar-refractivity contribution in [2.75, 3.05) is 5.75 Å². The van der Waals surface area contributed by atoms with Crippen LogP contribution in [0.25, 0.3) is 11.2 Å². The van der Waals surface area contributed by atoms with E-state index in [4.69, 9.17) is 11.6 Å². The zero-order valence-electron chi connectivity index (χ0n) is 11.4. The maximum atomic E-state index is 11.6. The summed E-state index contributed by atoms with van der Waals surface area (Å²) < 4.78 is 0. The van der Waals surface area contributed by atoms with Gasteiger partial charge in [-0.1, -0.05) is 23.4 Å². The fraction of sp³-hybridized carbons (Fsp3) is 0.333. The lowest BCUT2D eigenvalue weighted by atomic mass is 10.4. The van der Waals surface area contributed by atoms with Crippen LogP contribution in [0.2, 0.25) is 5.02 Å². The summed E-state index contributed by atoms with van der Waals surface area (Å²) in [5, 5.41) is 5.85. The average Bonchev–Trinajstić information content (AvgIpc) is 2.77. The number of nitrogens with one attached hydrogen (secondary N) is 3. The van der Waals surface area contributed by atoms with E-state index in [0.717, 1.165) is 0 Å². The third-order valence-electron chi connectivity index (χ3n) is 2.30. The first-order valence-electron chi connectivity index (χ1n) is 6.18. The highest BCUT2D eigenvalue weighted by atomic mass is 35.5. The molecule has 0 bridgehead atoms. The molecule has 0 saturated heterocycles. The molecule has 0 atom stereocenters. The van der Waals surface area contributed by atoms with E-state index in [1.54, 1.807) is 6.07 Å². The lowest BCUT2D eigenvalue weighted by Crippen LogP contribution is -2.43. The Balaban J connectivity index is 1.89. The molecule has 3 N–H and O–H groups in total. The second-order valence-corrected chi connectivity index (χ2v) is 5.93. The van der Waals surface area contributed by atoms with Crippen molar-refractivity contribution < 1.29 is 9.59 Å². The van der Waals surface area contributed by atoms with Crippen LogP contribution in [0, 0.1) is 0 Å². The third-order valence-corrected chi connectivity index (χ3v) is 3.38. The number of halogens is 1. The van der Waals surface area contributed by atoms with Gasteiger partial charge in [-0.2, -0.15) is 0 Å². The van der Waals surface area contributed by atoms with Gasteiger partial charge < -0.3 is 10.3 Å². The number of carbonyl (C=O) groups is 2.